The Morgan fingerprint density at radius 2 is 1.90 bits per heavy atom. The molecule has 2 N–H and O–H groups in total. The maximum absolute atomic E-state index is 11.6. The average molecular weight is 301 g/mol. The van der Waals surface area contributed by atoms with E-state index in [9.17, 15) is 18.5 Å². The summed E-state index contributed by atoms with van der Waals surface area (Å²) in [6, 6.07) is 3.53. The molecule has 0 saturated heterocycles. The van der Waals surface area contributed by atoms with Crippen molar-refractivity contribution < 1.29 is 13.3 Å². The Labute approximate surface area is 118 Å². The molecule has 0 heterocycles. The zero-order valence-electron chi connectivity index (χ0n) is 12.0. The Hall–Kier alpha value is -1.67. The fraction of sp³-hybridized carbons (Fsp3) is 0.500. The van der Waals surface area contributed by atoms with Crippen molar-refractivity contribution in [3.05, 3.63) is 28.3 Å². The third kappa shape index (κ3) is 4.17. The van der Waals surface area contributed by atoms with E-state index in [-0.39, 0.29) is 21.7 Å². The highest BCUT2D eigenvalue weighted by Gasteiger charge is 2.23. The Balaban J connectivity index is 3.39. The summed E-state index contributed by atoms with van der Waals surface area (Å²) in [7, 11) is -2.26. The SMILES string of the molecule is CN(CC(C)(C)C)c1cc([N+](=O)[O-])ccc1S(N)(=O)=O. The van der Waals surface area contributed by atoms with Crippen LogP contribution < -0.4 is 10.0 Å². The summed E-state index contributed by atoms with van der Waals surface area (Å²) < 4.78 is 23.2. The number of rotatable bonds is 4. The first-order valence-corrected chi connectivity index (χ1v) is 7.49. The van der Waals surface area contributed by atoms with E-state index >= 15 is 0 Å². The van der Waals surface area contributed by atoms with Crippen LogP contribution in [0.3, 0.4) is 0 Å². The van der Waals surface area contributed by atoms with E-state index < -0.39 is 14.9 Å². The van der Waals surface area contributed by atoms with Crippen molar-refractivity contribution in [2.75, 3.05) is 18.5 Å². The van der Waals surface area contributed by atoms with Crippen LogP contribution in [0.2, 0.25) is 0 Å². The molecule has 0 bridgehead atoms. The number of anilines is 1. The number of sulfonamides is 1. The van der Waals surface area contributed by atoms with Crippen LogP contribution in [0.15, 0.2) is 23.1 Å². The van der Waals surface area contributed by atoms with Crippen LogP contribution in [0, 0.1) is 15.5 Å². The van der Waals surface area contributed by atoms with E-state index in [1.165, 1.54) is 12.1 Å². The third-order valence-electron chi connectivity index (χ3n) is 2.58. The molecule has 0 spiro atoms. The van der Waals surface area contributed by atoms with Gasteiger partial charge in [0.25, 0.3) is 5.69 Å². The van der Waals surface area contributed by atoms with Gasteiger partial charge in [0.2, 0.25) is 10.0 Å². The molecule has 0 unspecified atom stereocenters. The van der Waals surface area contributed by atoms with Gasteiger partial charge in [0.1, 0.15) is 4.90 Å². The quantitative estimate of drug-likeness (QED) is 0.673. The van der Waals surface area contributed by atoms with Crippen molar-refractivity contribution in [2.24, 2.45) is 10.6 Å². The van der Waals surface area contributed by atoms with Crippen molar-refractivity contribution in [1.29, 1.82) is 0 Å². The second kappa shape index (κ2) is 5.37. The van der Waals surface area contributed by atoms with E-state index in [1.54, 1.807) is 11.9 Å². The van der Waals surface area contributed by atoms with Gasteiger partial charge in [-0.3, -0.25) is 10.1 Å². The van der Waals surface area contributed by atoms with Crippen molar-refractivity contribution in [2.45, 2.75) is 25.7 Å². The number of primary sulfonamides is 1. The van der Waals surface area contributed by atoms with Crippen LogP contribution in [-0.4, -0.2) is 26.9 Å². The molecule has 0 atom stereocenters. The first kappa shape index (κ1) is 16.4. The van der Waals surface area contributed by atoms with Gasteiger partial charge in [0, 0.05) is 25.7 Å². The molecule has 1 aromatic rings. The van der Waals surface area contributed by atoms with E-state index in [2.05, 4.69) is 0 Å². The maximum atomic E-state index is 11.6. The smallest absolute Gasteiger partial charge is 0.271 e. The summed E-state index contributed by atoms with van der Waals surface area (Å²) in [6.07, 6.45) is 0. The molecule has 20 heavy (non-hydrogen) atoms. The highest BCUT2D eigenvalue weighted by molar-refractivity contribution is 7.89. The molecular formula is C12H19N3O4S. The van der Waals surface area contributed by atoms with Gasteiger partial charge in [0.05, 0.1) is 10.6 Å². The summed E-state index contributed by atoms with van der Waals surface area (Å²) in [5.41, 5.74) is -0.0422. The number of nitro benzene ring substituents is 1. The molecule has 8 heteroatoms. The zero-order chi connectivity index (χ0) is 15.7. The molecule has 0 saturated carbocycles. The number of nitro groups is 1. The largest absolute Gasteiger partial charge is 0.373 e. The van der Waals surface area contributed by atoms with Crippen LogP contribution in [0.4, 0.5) is 11.4 Å². The number of hydrogen-bond donors (Lipinski definition) is 1. The summed E-state index contributed by atoms with van der Waals surface area (Å²) in [5.74, 6) is 0. The van der Waals surface area contributed by atoms with Crippen molar-refractivity contribution in [1.82, 2.24) is 0 Å². The molecule has 0 aliphatic heterocycles. The predicted molar refractivity (Wildman–Crippen MR) is 77.2 cm³/mol. The van der Waals surface area contributed by atoms with E-state index in [0.29, 0.717) is 6.54 Å². The Morgan fingerprint density at radius 3 is 2.30 bits per heavy atom. The lowest BCUT2D eigenvalue weighted by molar-refractivity contribution is -0.384. The molecule has 1 aromatic carbocycles. The molecule has 0 radical (unpaired) electrons. The summed E-state index contributed by atoms with van der Waals surface area (Å²) in [6.45, 7) is 6.48. The Morgan fingerprint density at radius 1 is 1.35 bits per heavy atom. The number of nitrogens with zero attached hydrogens (tertiary/aromatic N) is 2. The molecule has 112 valence electrons. The molecule has 1 rings (SSSR count). The predicted octanol–water partition coefficient (Wildman–Crippen LogP) is 1.72. The normalized spacial score (nSPS) is 12.2. The van der Waals surface area contributed by atoms with Crippen molar-refractivity contribution in [3.8, 4) is 0 Å². The van der Waals surface area contributed by atoms with E-state index in [4.69, 9.17) is 5.14 Å². The van der Waals surface area contributed by atoms with Crippen LogP contribution in [-0.2, 0) is 10.0 Å². The van der Waals surface area contributed by atoms with Crippen molar-refractivity contribution >= 4 is 21.4 Å². The van der Waals surface area contributed by atoms with E-state index in [0.717, 1.165) is 6.07 Å². The van der Waals surface area contributed by atoms with Crippen LogP contribution in [0.25, 0.3) is 0 Å². The molecule has 0 aliphatic carbocycles. The summed E-state index contributed by atoms with van der Waals surface area (Å²) >= 11 is 0. The second-order valence-corrected chi connectivity index (χ2v) is 7.40. The minimum atomic E-state index is -3.94. The number of nitrogens with two attached hydrogens (primary N) is 1. The van der Waals surface area contributed by atoms with Gasteiger partial charge in [0.15, 0.2) is 0 Å². The number of hydrogen-bond acceptors (Lipinski definition) is 5. The highest BCUT2D eigenvalue weighted by Crippen LogP contribution is 2.30. The zero-order valence-corrected chi connectivity index (χ0v) is 12.8. The Bertz CT molecular complexity index is 620. The van der Waals surface area contributed by atoms with Gasteiger partial charge in [-0.15, -0.1) is 0 Å². The molecule has 0 fully saturated rings. The Kier molecular flexibility index (Phi) is 4.40. The van der Waals surface area contributed by atoms with Crippen molar-refractivity contribution in [3.63, 3.8) is 0 Å². The lowest BCUT2D eigenvalue weighted by atomic mass is 9.96. The monoisotopic (exact) mass is 301 g/mol. The summed E-state index contributed by atoms with van der Waals surface area (Å²) in [4.78, 5) is 11.8. The summed E-state index contributed by atoms with van der Waals surface area (Å²) in [5, 5.41) is 16.0. The van der Waals surface area contributed by atoms with Crippen LogP contribution in [0.5, 0.6) is 0 Å². The standard InChI is InChI=1S/C12H19N3O4S/c1-12(2,3)8-14(4)10-7-9(15(16)17)5-6-11(10)20(13,18)19/h5-7H,8H2,1-4H3,(H2,13,18,19). The molecule has 0 aliphatic rings. The lowest BCUT2D eigenvalue weighted by Crippen LogP contribution is -2.30. The van der Waals surface area contributed by atoms with E-state index in [1.807, 2.05) is 20.8 Å². The first-order valence-electron chi connectivity index (χ1n) is 5.94. The van der Waals surface area contributed by atoms with Crippen LogP contribution in [0.1, 0.15) is 20.8 Å². The molecule has 7 nitrogen and oxygen atoms in total. The minimum Gasteiger partial charge on any atom is -0.373 e. The second-order valence-electron chi connectivity index (χ2n) is 5.87. The number of benzene rings is 1. The fourth-order valence-electron chi connectivity index (χ4n) is 1.95. The van der Waals surface area contributed by atoms with Crippen LogP contribution >= 0.6 is 0 Å². The van der Waals surface area contributed by atoms with Gasteiger partial charge in [-0.05, 0) is 11.5 Å². The molecule has 0 amide bonds. The highest BCUT2D eigenvalue weighted by atomic mass is 32.2. The average Bonchev–Trinajstić information content (AvgIpc) is 2.24. The van der Waals surface area contributed by atoms with Gasteiger partial charge >= 0.3 is 0 Å². The van der Waals surface area contributed by atoms with Gasteiger partial charge in [-0.1, -0.05) is 20.8 Å². The maximum Gasteiger partial charge on any atom is 0.271 e. The fourth-order valence-corrected chi connectivity index (χ4v) is 2.72. The van der Waals surface area contributed by atoms with Gasteiger partial charge < -0.3 is 4.90 Å². The van der Waals surface area contributed by atoms with Gasteiger partial charge in [-0.25, -0.2) is 13.6 Å². The molecule has 0 aromatic heterocycles. The minimum absolute atomic E-state index is 0.102. The first-order chi connectivity index (χ1) is 8.92. The van der Waals surface area contributed by atoms with Gasteiger partial charge in [-0.2, -0.15) is 0 Å². The third-order valence-corrected chi connectivity index (χ3v) is 3.54. The topological polar surface area (TPSA) is 107 Å². The molecular weight excluding hydrogens is 282 g/mol. The number of non-ortho nitro benzene ring substituents is 1. The lowest BCUT2D eigenvalue weighted by Gasteiger charge is -2.29.